The largest absolute Gasteiger partial charge is 0.383 e. The molecule has 0 N–H and O–H groups in total. The van der Waals surface area contributed by atoms with Crippen LogP contribution in [0.15, 0.2) is 18.2 Å². The molecule has 1 aliphatic rings. The predicted octanol–water partition coefficient (Wildman–Crippen LogP) is 1.73. The molecule has 20 heavy (non-hydrogen) atoms. The molecule has 1 amide bonds. The van der Waals surface area contributed by atoms with Crippen molar-refractivity contribution in [2.45, 2.75) is 12.8 Å². The van der Waals surface area contributed by atoms with Crippen LogP contribution in [0.4, 0.5) is 4.39 Å². The van der Waals surface area contributed by atoms with Crippen molar-refractivity contribution in [1.82, 2.24) is 4.90 Å². The maximum Gasteiger partial charge on any atom is 0.223 e. The molecule has 1 fully saturated rings. The van der Waals surface area contributed by atoms with Gasteiger partial charge in [0.25, 0.3) is 0 Å². The Balaban J connectivity index is 1.98. The SMILES string of the molecule is COCCN1C[C@@H](Cc2ccc(F)c(C#N)c2)CC1=O. The molecular formula is C15H17FN2O2. The lowest BCUT2D eigenvalue weighted by atomic mass is 9.97. The van der Waals surface area contributed by atoms with Gasteiger partial charge in [-0.05, 0) is 30.0 Å². The number of hydrogen-bond donors (Lipinski definition) is 0. The number of nitrogens with zero attached hydrogens (tertiary/aromatic N) is 2. The van der Waals surface area contributed by atoms with Gasteiger partial charge in [-0.3, -0.25) is 4.79 Å². The lowest BCUT2D eigenvalue weighted by molar-refractivity contribution is -0.128. The van der Waals surface area contributed by atoms with Crippen LogP contribution in [0.25, 0.3) is 0 Å². The van der Waals surface area contributed by atoms with Gasteiger partial charge in [-0.15, -0.1) is 0 Å². The third kappa shape index (κ3) is 3.34. The highest BCUT2D eigenvalue weighted by Gasteiger charge is 2.29. The molecular weight excluding hydrogens is 259 g/mol. The fourth-order valence-electron chi connectivity index (χ4n) is 2.53. The van der Waals surface area contributed by atoms with Crippen LogP contribution in [0, 0.1) is 23.1 Å². The molecule has 0 saturated carbocycles. The summed E-state index contributed by atoms with van der Waals surface area (Å²) in [4.78, 5) is 13.6. The summed E-state index contributed by atoms with van der Waals surface area (Å²) in [6.45, 7) is 1.84. The maximum absolute atomic E-state index is 13.2. The van der Waals surface area contributed by atoms with Gasteiger partial charge in [0.05, 0.1) is 12.2 Å². The molecule has 0 radical (unpaired) electrons. The second kappa shape index (κ2) is 6.49. The Morgan fingerprint density at radius 3 is 3.05 bits per heavy atom. The van der Waals surface area contributed by atoms with E-state index in [9.17, 15) is 9.18 Å². The predicted molar refractivity (Wildman–Crippen MR) is 71.4 cm³/mol. The van der Waals surface area contributed by atoms with E-state index in [1.165, 1.54) is 6.07 Å². The molecule has 1 aliphatic heterocycles. The van der Waals surface area contributed by atoms with Crippen molar-refractivity contribution in [2.75, 3.05) is 26.8 Å². The summed E-state index contributed by atoms with van der Waals surface area (Å²) in [5.74, 6) is -0.147. The van der Waals surface area contributed by atoms with Crippen LogP contribution in [0.3, 0.4) is 0 Å². The molecule has 0 unspecified atom stereocenters. The second-order valence-corrected chi connectivity index (χ2v) is 5.03. The van der Waals surface area contributed by atoms with Crippen LogP contribution >= 0.6 is 0 Å². The summed E-state index contributed by atoms with van der Waals surface area (Å²) in [6.07, 6.45) is 1.19. The van der Waals surface area contributed by atoms with Crippen molar-refractivity contribution < 1.29 is 13.9 Å². The van der Waals surface area contributed by atoms with E-state index in [1.54, 1.807) is 24.1 Å². The van der Waals surface area contributed by atoms with Gasteiger partial charge in [0.15, 0.2) is 0 Å². The second-order valence-electron chi connectivity index (χ2n) is 5.03. The molecule has 0 bridgehead atoms. The summed E-state index contributed by atoms with van der Waals surface area (Å²) in [6, 6.07) is 6.40. The average Bonchev–Trinajstić information content (AvgIpc) is 2.78. The Morgan fingerprint density at radius 1 is 1.55 bits per heavy atom. The molecule has 5 heteroatoms. The number of carbonyl (C=O) groups is 1. The monoisotopic (exact) mass is 276 g/mol. The number of halogens is 1. The van der Waals surface area contributed by atoms with Gasteiger partial charge in [0.2, 0.25) is 5.91 Å². The third-order valence-electron chi connectivity index (χ3n) is 3.54. The Morgan fingerprint density at radius 2 is 2.35 bits per heavy atom. The standard InChI is InChI=1S/C15H17FN2O2/c1-20-5-4-18-10-12(8-15(18)19)6-11-2-3-14(16)13(7-11)9-17/h2-3,7,12H,4-6,8,10H2,1H3/t12-/m0/s1. The number of nitriles is 1. The van der Waals surface area contributed by atoms with E-state index in [0.29, 0.717) is 32.5 Å². The molecule has 0 spiro atoms. The van der Waals surface area contributed by atoms with Gasteiger partial charge in [-0.25, -0.2) is 4.39 Å². The molecule has 2 rings (SSSR count). The van der Waals surface area contributed by atoms with Crippen molar-refractivity contribution in [2.24, 2.45) is 5.92 Å². The molecule has 106 valence electrons. The zero-order valence-electron chi connectivity index (χ0n) is 11.4. The molecule has 0 aromatic heterocycles. The van der Waals surface area contributed by atoms with Gasteiger partial charge < -0.3 is 9.64 Å². The van der Waals surface area contributed by atoms with E-state index in [0.717, 1.165) is 5.56 Å². The van der Waals surface area contributed by atoms with Gasteiger partial charge in [-0.1, -0.05) is 6.07 Å². The Labute approximate surface area is 117 Å². The number of rotatable bonds is 5. The lowest BCUT2D eigenvalue weighted by Gasteiger charge is -2.16. The first-order valence-electron chi connectivity index (χ1n) is 6.59. The lowest BCUT2D eigenvalue weighted by Crippen LogP contribution is -2.28. The highest BCUT2D eigenvalue weighted by Crippen LogP contribution is 2.22. The van der Waals surface area contributed by atoms with E-state index >= 15 is 0 Å². The molecule has 4 nitrogen and oxygen atoms in total. The maximum atomic E-state index is 13.2. The fourth-order valence-corrected chi connectivity index (χ4v) is 2.53. The number of methoxy groups -OCH3 is 1. The van der Waals surface area contributed by atoms with Crippen molar-refractivity contribution >= 4 is 5.91 Å². The Bertz CT molecular complexity index is 539. The van der Waals surface area contributed by atoms with Crippen LogP contribution in [0.1, 0.15) is 17.5 Å². The highest BCUT2D eigenvalue weighted by molar-refractivity contribution is 5.78. The first kappa shape index (κ1) is 14.5. The van der Waals surface area contributed by atoms with E-state index in [1.807, 2.05) is 6.07 Å². The van der Waals surface area contributed by atoms with Gasteiger partial charge >= 0.3 is 0 Å². The van der Waals surface area contributed by atoms with Crippen LogP contribution in [-0.4, -0.2) is 37.6 Å². The fraction of sp³-hybridized carbons (Fsp3) is 0.467. The minimum atomic E-state index is -0.500. The zero-order chi connectivity index (χ0) is 14.5. The number of carbonyl (C=O) groups excluding carboxylic acids is 1. The first-order valence-corrected chi connectivity index (χ1v) is 6.59. The van der Waals surface area contributed by atoms with Crippen LogP contribution in [-0.2, 0) is 16.0 Å². The van der Waals surface area contributed by atoms with Crippen molar-refractivity contribution in [3.63, 3.8) is 0 Å². The molecule has 0 aliphatic carbocycles. The molecule has 1 aromatic rings. The Hall–Kier alpha value is -1.93. The van der Waals surface area contributed by atoms with E-state index in [2.05, 4.69) is 0 Å². The summed E-state index contributed by atoms with van der Waals surface area (Å²) in [5, 5.41) is 8.82. The molecule has 1 saturated heterocycles. The first-order chi connectivity index (χ1) is 9.63. The average molecular weight is 276 g/mol. The number of ether oxygens (including phenoxy) is 1. The summed E-state index contributed by atoms with van der Waals surface area (Å²) in [5.41, 5.74) is 0.956. The summed E-state index contributed by atoms with van der Waals surface area (Å²) < 4.78 is 18.2. The number of hydrogen-bond acceptors (Lipinski definition) is 3. The molecule has 1 atom stereocenters. The van der Waals surface area contributed by atoms with Crippen molar-refractivity contribution in [3.05, 3.63) is 35.1 Å². The summed E-state index contributed by atoms with van der Waals surface area (Å²) in [7, 11) is 1.61. The van der Waals surface area contributed by atoms with Gasteiger partial charge in [-0.2, -0.15) is 5.26 Å². The van der Waals surface area contributed by atoms with E-state index < -0.39 is 5.82 Å². The quantitative estimate of drug-likeness (QED) is 0.823. The van der Waals surface area contributed by atoms with Gasteiger partial charge in [0, 0.05) is 26.6 Å². The molecule has 1 aromatic carbocycles. The number of benzene rings is 1. The van der Waals surface area contributed by atoms with Crippen molar-refractivity contribution in [3.8, 4) is 6.07 Å². The highest BCUT2D eigenvalue weighted by atomic mass is 19.1. The van der Waals surface area contributed by atoms with Gasteiger partial charge in [0.1, 0.15) is 11.9 Å². The minimum absolute atomic E-state index is 0.0584. The van der Waals surface area contributed by atoms with Crippen LogP contribution in [0.2, 0.25) is 0 Å². The number of amides is 1. The molecule has 1 heterocycles. The minimum Gasteiger partial charge on any atom is -0.383 e. The zero-order valence-corrected chi connectivity index (χ0v) is 11.4. The summed E-state index contributed by atoms with van der Waals surface area (Å²) >= 11 is 0. The van der Waals surface area contributed by atoms with Crippen LogP contribution in [0.5, 0.6) is 0 Å². The smallest absolute Gasteiger partial charge is 0.223 e. The van der Waals surface area contributed by atoms with E-state index in [-0.39, 0.29) is 17.4 Å². The van der Waals surface area contributed by atoms with E-state index in [4.69, 9.17) is 10.00 Å². The topological polar surface area (TPSA) is 53.3 Å². The van der Waals surface area contributed by atoms with Crippen molar-refractivity contribution in [1.29, 1.82) is 5.26 Å². The Kier molecular flexibility index (Phi) is 4.70. The van der Waals surface area contributed by atoms with Crippen LogP contribution < -0.4 is 0 Å². The normalized spacial score (nSPS) is 18.4. The number of likely N-dealkylation sites (tertiary alicyclic amines) is 1. The third-order valence-corrected chi connectivity index (χ3v) is 3.54.